The highest BCUT2D eigenvalue weighted by Gasteiger charge is 2.18. The summed E-state index contributed by atoms with van der Waals surface area (Å²) in [6, 6.07) is 72.5. The van der Waals surface area contributed by atoms with Crippen LogP contribution in [0.2, 0.25) is 0 Å². The summed E-state index contributed by atoms with van der Waals surface area (Å²) in [4.78, 5) is 2.36. The molecule has 0 atom stereocenters. The van der Waals surface area contributed by atoms with Crippen LogP contribution in [-0.2, 0) is 0 Å². The van der Waals surface area contributed by atoms with Gasteiger partial charge in [0.25, 0.3) is 0 Å². The van der Waals surface area contributed by atoms with Gasteiger partial charge in [0.05, 0.1) is 0 Å². The van der Waals surface area contributed by atoms with E-state index in [1.807, 2.05) is 34.8 Å². The molecule has 3 aromatic heterocycles. The molecule has 0 saturated carbocycles. The van der Waals surface area contributed by atoms with Gasteiger partial charge in [-0.2, -0.15) is 0 Å². The number of fused-ring (bicyclic) bond motifs is 10. The highest BCUT2D eigenvalue weighted by molar-refractivity contribution is 7.29. The largest absolute Gasteiger partial charge is 0.456 e. The van der Waals surface area contributed by atoms with Crippen molar-refractivity contribution in [2.24, 2.45) is 0 Å². The molecule has 4 heteroatoms. The van der Waals surface area contributed by atoms with Gasteiger partial charge in [0.1, 0.15) is 11.2 Å². The van der Waals surface area contributed by atoms with Crippen LogP contribution in [0.4, 0.5) is 17.1 Å². The van der Waals surface area contributed by atoms with Crippen molar-refractivity contribution in [2.75, 3.05) is 4.90 Å². The molecule has 0 aliphatic rings. The van der Waals surface area contributed by atoms with Gasteiger partial charge in [-0.25, -0.2) is 0 Å². The van der Waals surface area contributed by atoms with Gasteiger partial charge >= 0.3 is 0 Å². The minimum absolute atomic E-state index is 0.909. The maximum Gasteiger partial charge on any atom is 0.135 e. The molecule has 12 aromatic rings. The van der Waals surface area contributed by atoms with Gasteiger partial charge in [0.15, 0.2) is 0 Å². The van der Waals surface area contributed by atoms with Crippen LogP contribution in [0.1, 0.15) is 0 Å². The first-order chi connectivity index (χ1) is 28.7. The number of furan rings is 1. The summed E-state index contributed by atoms with van der Waals surface area (Å²) >= 11 is 3.80. The van der Waals surface area contributed by atoms with Crippen LogP contribution in [0.5, 0.6) is 0 Å². The predicted octanol–water partition coefficient (Wildman–Crippen LogP) is 16.8. The Hall–Kier alpha value is -6.98. The summed E-state index contributed by atoms with van der Waals surface area (Å²) in [7, 11) is 0. The Labute approximate surface area is 343 Å². The van der Waals surface area contributed by atoms with Crippen LogP contribution in [-0.4, -0.2) is 0 Å². The average Bonchev–Trinajstić information content (AvgIpc) is 3.99. The van der Waals surface area contributed by atoms with Gasteiger partial charge in [-0.15, -0.1) is 22.7 Å². The first kappa shape index (κ1) is 33.2. The Balaban J connectivity index is 0.957. The van der Waals surface area contributed by atoms with Gasteiger partial charge in [0, 0.05) is 68.2 Å². The molecule has 0 N–H and O–H groups in total. The lowest BCUT2D eigenvalue weighted by molar-refractivity contribution is 0.669. The molecular weight excluding hydrogens is 743 g/mol. The van der Waals surface area contributed by atoms with E-state index in [0.29, 0.717) is 0 Å². The van der Waals surface area contributed by atoms with Crippen molar-refractivity contribution in [3.8, 4) is 33.4 Å². The van der Waals surface area contributed by atoms with E-state index in [1.165, 1.54) is 62.6 Å². The van der Waals surface area contributed by atoms with Crippen molar-refractivity contribution in [1.82, 2.24) is 0 Å². The highest BCUT2D eigenvalue weighted by Crippen LogP contribution is 2.47. The third-order valence-corrected chi connectivity index (χ3v) is 13.8. The summed E-state index contributed by atoms with van der Waals surface area (Å²) < 4.78 is 11.5. The predicted molar refractivity (Wildman–Crippen MR) is 250 cm³/mol. The molecule has 12 rings (SSSR count). The van der Waals surface area contributed by atoms with E-state index >= 15 is 0 Å². The molecule has 0 unspecified atom stereocenters. The summed E-state index contributed by atoms with van der Waals surface area (Å²) in [6.07, 6.45) is 0. The number of benzene rings is 9. The average molecular weight is 776 g/mol. The van der Waals surface area contributed by atoms with E-state index in [9.17, 15) is 0 Å². The summed E-state index contributed by atoms with van der Waals surface area (Å²) in [6.45, 7) is 0. The Morgan fingerprint density at radius 3 is 1.66 bits per heavy atom. The first-order valence-corrected chi connectivity index (χ1v) is 21.2. The SMILES string of the molecule is c1ccc(-c2ccc(N(c3ccc(-c4ccc5oc6ccccc6c5c4)cc3)c3ccc(-c4cccc5sc6ccc7c8ccccc8sc7c6c45)cc3)cc2)cc1. The number of anilines is 3. The molecule has 0 fully saturated rings. The molecule has 0 bridgehead atoms. The van der Waals surface area contributed by atoms with E-state index in [0.717, 1.165) is 50.1 Å². The van der Waals surface area contributed by atoms with Crippen molar-refractivity contribution < 1.29 is 4.42 Å². The maximum absolute atomic E-state index is 6.12. The maximum atomic E-state index is 6.12. The Morgan fingerprint density at radius 1 is 0.328 bits per heavy atom. The Bertz CT molecular complexity index is 3480. The molecule has 2 nitrogen and oxygen atoms in total. The number of hydrogen-bond donors (Lipinski definition) is 0. The molecule has 3 heterocycles. The van der Waals surface area contributed by atoms with Crippen LogP contribution >= 0.6 is 22.7 Å². The van der Waals surface area contributed by atoms with E-state index in [-0.39, 0.29) is 0 Å². The molecule has 272 valence electrons. The smallest absolute Gasteiger partial charge is 0.135 e. The standard InChI is InChI=1S/C54H33NOS2/c1-2-9-34(10-3-1)35-17-24-39(25-18-35)55(40-26-19-36(20-27-40)38-23-31-48-46(33-38)43-11-4-6-14-47(43)56-48)41-28-21-37(22-29-41)42-13-8-16-50-52(42)53-51(57-50)32-30-45-44-12-5-7-15-49(44)58-54(45)53/h1-33H. The van der Waals surface area contributed by atoms with Gasteiger partial charge < -0.3 is 9.32 Å². The second kappa shape index (κ2) is 13.3. The quantitative estimate of drug-likeness (QED) is 0.167. The van der Waals surface area contributed by atoms with Crippen LogP contribution in [0.15, 0.2) is 205 Å². The van der Waals surface area contributed by atoms with Crippen LogP contribution in [0, 0.1) is 0 Å². The lowest BCUT2D eigenvalue weighted by Crippen LogP contribution is -2.09. The number of para-hydroxylation sites is 1. The molecule has 0 saturated heterocycles. The summed E-state index contributed by atoms with van der Waals surface area (Å²) in [5.74, 6) is 0. The number of thiophene rings is 2. The molecule has 0 aliphatic heterocycles. The number of nitrogens with zero attached hydrogens (tertiary/aromatic N) is 1. The first-order valence-electron chi connectivity index (χ1n) is 19.6. The van der Waals surface area contributed by atoms with Gasteiger partial charge in [-0.1, -0.05) is 127 Å². The van der Waals surface area contributed by atoms with Crippen molar-refractivity contribution in [1.29, 1.82) is 0 Å². The molecular formula is C54H33NOS2. The topological polar surface area (TPSA) is 16.4 Å². The minimum Gasteiger partial charge on any atom is -0.456 e. The Morgan fingerprint density at radius 2 is 0.897 bits per heavy atom. The normalized spacial score (nSPS) is 11.8. The number of hydrogen-bond acceptors (Lipinski definition) is 4. The van der Waals surface area contributed by atoms with Gasteiger partial charge in [-0.05, 0) is 106 Å². The van der Waals surface area contributed by atoms with Gasteiger partial charge in [-0.3, -0.25) is 0 Å². The van der Waals surface area contributed by atoms with Crippen LogP contribution in [0.3, 0.4) is 0 Å². The third-order valence-electron chi connectivity index (χ3n) is 11.5. The van der Waals surface area contributed by atoms with Crippen molar-refractivity contribution >= 4 is 102 Å². The van der Waals surface area contributed by atoms with E-state index in [2.05, 4.69) is 193 Å². The van der Waals surface area contributed by atoms with Crippen LogP contribution < -0.4 is 4.90 Å². The molecule has 0 amide bonds. The van der Waals surface area contributed by atoms with Crippen molar-refractivity contribution in [3.63, 3.8) is 0 Å². The van der Waals surface area contributed by atoms with E-state index in [1.54, 1.807) is 0 Å². The van der Waals surface area contributed by atoms with E-state index < -0.39 is 0 Å². The summed E-state index contributed by atoms with van der Waals surface area (Å²) in [5, 5.41) is 7.67. The minimum atomic E-state index is 0.909. The molecule has 0 spiro atoms. The number of rotatable bonds is 6. The second-order valence-corrected chi connectivity index (χ2v) is 17.0. The lowest BCUT2D eigenvalue weighted by Gasteiger charge is -2.26. The van der Waals surface area contributed by atoms with Gasteiger partial charge in [0.2, 0.25) is 0 Å². The fourth-order valence-corrected chi connectivity index (χ4v) is 11.2. The zero-order valence-corrected chi connectivity index (χ0v) is 32.9. The fraction of sp³-hybridized carbons (Fsp3) is 0. The zero-order valence-electron chi connectivity index (χ0n) is 31.2. The van der Waals surface area contributed by atoms with Crippen LogP contribution in [0.25, 0.3) is 95.7 Å². The fourth-order valence-electron chi connectivity index (χ4n) is 8.71. The third kappa shape index (κ3) is 5.37. The molecule has 0 radical (unpaired) electrons. The zero-order chi connectivity index (χ0) is 38.2. The van der Waals surface area contributed by atoms with Crippen molar-refractivity contribution in [2.45, 2.75) is 0 Å². The second-order valence-electron chi connectivity index (χ2n) is 14.8. The monoisotopic (exact) mass is 775 g/mol. The highest BCUT2D eigenvalue weighted by atomic mass is 32.1. The Kier molecular flexibility index (Phi) is 7.62. The summed E-state index contributed by atoms with van der Waals surface area (Å²) in [5.41, 5.74) is 12.3. The molecule has 0 aliphatic carbocycles. The lowest BCUT2D eigenvalue weighted by atomic mass is 9.98. The molecule has 9 aromatic carbocycles. The van der Waals surface area contributed by atoms with E-state index in [4.69, 9.17) is 4.42 Å². The molecule has 58 heavy (non-hydrogen) atoms. The van der Waals surface area contributed by atoms with Crippen molar-refractivity contribution in [3.05, 3.63) is 200 Å².